The summed E-state index contributed by atoms with van der Waals surface area (Å²) in [5, 5.41) is 4.32. The van der Waals surface area contributed by atoms with Gasteiger partial charge in [0.25, 0.3) is 5.91 Å². The second-order valence-corrected chi connectivity index (χ2v) is 19.2. The quantitative estimate of drug-likeness (QED) is 0.0885. The van der Waals surface area contributed by atoms with Crippen LogP contribution in [-0.2, 0) is 17.9 Å². The van der Waals surface area contributed by atoms with Crippen LogP contribution in [-0.4, -0.2) is 76.0 Å². The van der Waals surface area contributed by atoms with Gasteiger partial charge in [-0.3, -0.25) is 13.9 Å². The van der Waals surface area contributed by atoms with E-state index in [1.165, 1.54) is 21.8 Å². The van der Waals surface area contributed by atoms with E-state index in [-0.39, 0.29) is 43.4 Å². The number of carbonyl (C=O) groups is 1. The number of carbonyl (C=O) groups excluding carboxylic acids is 1. The molecular formula is C45H53FN7O3P. The number of anilines is 1. The summed E-state index contributed by atoms with van der Waals surface area (Å²) in [6, 6.07) is 19.4. The van der Waals surface area contributed by atoms with Crippen molar-refractivity contribution in [1.82, 2.24) is 18.6 Å². The van der Waals surface area contributed by atoms with Gasteiger partial charge in [-0.2, -0.15) is 0 Å². The van der Waals surface area contributed by atoms with E-state index in [9.17, 15) is 14.0 Å². The van der Waals surface area contributed by atoms with Crippen molar-refractivity contribution in [2.75, 3.05) is 45.4 Å². The molecule has 1 unspecified atom stereocenters. The van der Waals surface area contributed by atoms with Crippen LogP contribution in [0.3, 0.4) is 0 Å². The zero-order valence-corrected chi connectivity index (χ0v) is 34.7. The summed E-state index contributed by atoms with van der Waals surface area (Å²) in [6.07, 6.45) is 8.58. The Bertz CT molecular complexity index is 2490. The highest BCUT2D eigenvalue weighted by molar-refractivity contribution is 7.55. The van der Waals surface area contributed by atoms with Crippen LogP contribution < -0.4 is 16.7 Å². The Hall–Kier alpha value is -4.99. The van der Waals surface area contributed by atoms with Crippen molar-refractivity contribution >= 4 is 41.9 Å². The molecule has 1 saturated carbocycles. The molecule has 0 radical (unpaired) electrons. The summed E-state index contributed by atoms with van der Waals surface area (Å²) in [7, 11) is 3.67. The molecule has 8 rings (SSSR count). The first-order valence-corrected chi connectivity index (χ1v) is 22.4. The molecule has 1 saturated heterocycles. The average molecular weight is 790 g/mol. The second kappa shape index (κ2) is 15.4. The van der Waals surface area contributed by atoms with Crippen molar-refractivity contribution in [1.29, 1.82) is 0 Å². The van der Waals surface area contributed by atoms with Gasteiger partial charge in [0.2, 0.25) is 0 Å². The minimum absolute atomic E-state index is 0.128. The highest BCUT2D eigenvalue weighted by Crippen LogP contribution is 2.43. The summed E-state index contributed by atoms with van der Waals surface area (Å²) >= 11 is 0. The summed E-state index contributed by atoms with van der Waals surface area (Å²) < 4.78 is 25.9. The van der Waals surface area contributed by atoms with Crippen LogP contribution in [0.4, 0.5) is 15.8 Å². The molecule has 3 N–H and O–H groups in total. The summed E-state index contributed by atoms with van der Waals surface area (Å²) in [4.78, 5) is 35.7. The van der Waals surface area contributed by atoms with Gasteiger partial charge in [-0.1, -0.05) is 12.1 Å². The van der Waals surface area contributed by atoms with Gasteiger partial charge in [0, 0.05) is 73.9 Å². The molecule has 0 bridgehead atoms. The third-order valence-electron chi connectivity index (χ3n) is 11.8. The van der Waals surface area contributed by atoms with Gasteiger partial charge in [0.15, 0.2) is 0 Å². The number of rotatable bonds is 9. The molecule has 3 aromatic carbocycles. The summed E-state index contributed by atoms with van der Waals surface area (Å²) in [5.74, 6) is 0.494. The van der Waals surface area contributed by atoms with Gasteiger partial charge in [-0.15, -0.1) is 7.92 Å². The van der Waals surface area contributed by atoms with Crippen LogP contribution in [0.25, 0.3) is 16.6 Å². The van der Waals surface area contributed by atoms with Gasteiger partial charge < -0.3 is 25.3 Å². The highest BCUT2D eigenvalue weighted by Gasteiger charge is 2.32. The first kappa shape index (κ1) is 38.9. The number of hydrogen-bond donors (Lipinski definition) is 2. The molecule has 2 fully saturated rings. The largest absolute Gasteiger partial charge is 0.402 e. The van der Waals surface area contributed by atoms with Gasteiger partial charge >= 0.3 is 5.69 Å². The average Bonchev–Trinajstić information content (AvgIpc) is 3.89. The maximum atomic E-state index is 14.9. The lowest BCUT2D eigenvalue weighted by Gasteiger charge is -2.35. The molecule has 5 aromatic rings. The molecule has 1 aliphatic carbocycles. The first-order valence-electron chi connectivity index (χ1n) is 19.9. The maximum absolute atomic E-state index is 14.9. The van der Waals surface area contributed by atoms with Crippen molar-refractivity contribution in [3.8, 4) is 5.69 Å². The lowest BCUT2D eigenvalue weighted by atomic mass is 9.83. The zero-order valence-electron chi connectivity index (χ0n) is 33.8. The van der Waals surface area contributed by atoms with Crippen LogP contribution in [0.2, 0.25) is 0 Å². The predicted octanol–water partition coefficient (Wildman–Crippen LogP) is 8.44. The number of aliphatic imine (C=N–C) groups is 1. The van der Waals surface area contributed by atoms with E-state index in [0.29, 0.717) is 58.6 Å². The minimum atomic E-state index is -0.331. The third-order valence-corrected chi connectivity index (χ3v) is 12.7. The monoisotopic (exact) mass is 789 g/mol. The van der Waals surface area contributed by atoms with Crippen molar-refractivity contribution in [2.24, 2.45) is 17.8 Å². The number of aryl methyl sites for hydroxylation is 1. The SMILES string of the molecule is CNc1cc(-n2ccn(C(=Nc3ccc(F)c(C4CC4)c3)C3=C(N)CCN(C(=O)c4cc5cc(C6CCOC(C)(C)C6)ccc5n4C)C3)c2=O)ccc1CP(C)C. The van der Waals surface area contributed by atoms with E-state index < -0.39 is 0 Å². The van der Waals surface area contributed by atoms with E-state index in [2.05, 4.69) is 56.8 Å². The number of halogens is 1. The first-order chi connectivity index (χ1) is 27.3. The number of nitrogens with one attached hydrogen (secondary N) is 1. The van der Waals surface area contributed by atoms with Crippen LogP contribution >= 0.6 is 7.92 Å². The van der Waals surface area contributed by atoms with Crippen molar-refractivity contribution < 1.29 is 13.9 Å². The van der Waals surface area contributed by atoms with Crippen LogP contribution in [0.1, 0.15) is 85.0 Å². The van der Waals surface area contributed by atoms with Gasteiger partial charge in [0.05, 0.1) is 23.5 Å². The summed E-state index contributed by atoms with van der Waals surface area (Å²) in [5.41, 5.74) is 14.3. The van der Waals surface area contributed by atoms with E-state index in [4.69, 9.17) is 15.5 Å². The Morgan fingerprint density at radius 3 is 2.58 bits per heavy atom. The standard InChI is InChI=1S/C45H53FN7O3P/c1-45(2)25-30(16-20-56-45)29-10-14-40-32(21-29)22-41(50(40)4)43(54)51-17-15-38(47)36(26-51)42(49-33-11-13-37(46)35(23-33)28-7-8-28)53-19-18-52(44(53)55)34-12-9-31(27-57(5)6)39(24-34)48-3/h9-14,18-19,21-24,28,30,48H,7-8,15-17,20,25-27,47H2,1-6H3. The highest BCUT2D eigenvalue weighted by atomic mass is 31.1. The molecule has 3 aliphatic rings. The van der Waals surface area contributed by atoms with Crippen LogP contribution in [0, 0.1) is 5.82 Å². The normalized spacial score (nSPS) is 18.8. The fourth-order valence-corrected chi connectivity index (χ4v) is 9.49. The zero-order chi connectivity index (χ0) is 40.2. The third kappa shape index (κ3) is 7.84. The fourth-order valence-electron chi connectivity index (χ4n) is 8.53. The topological polar surface area (TPSA) is 112 Å². The smallest absolute Gasteiger partial charge is 0.338 e. The molecule has 2 aliphatic heterocycles. The van der Waals surface area contributed by atoms with E-state index >= 15 is 0 Å². The lowest BCUT2D eigenvalue weighted by molar-refractivity contribution is -0.0592. The molecule has 298 valence electrons. The number of amides is 1. The Kier molecular flexibility index (Phi) is 10.5. The molecule has 57 heavy (non-hydrogen) atoms. The molecule has 12 heteroatoms. The van der Waals surface area contributed by atoms with E-state index in [1.807, 2.05) is 36.9 Å². The van der Waals surface area contributed by atoms with Crippen LogP contribution in [0.5, 0.6) is 0 Å². The number of imidazole rings is 1. The van der Waals surface area contributed by atoms with E-state index in [0.717, 1.165) is 55.0 Å². The number of hydrogen-bond acceptors (Lipinski definition) is 6. The Labute approximate surface area is 335 Å². The summed E-state index contributed by atoms with van der Waals surface area (Å²) in [6.45, 7) is 10.1. The van der Waals surface area contributed by atoms with Crippen molar-refractivity contribution in [3.63, 3.8) is 0 Å². The fraction of sp³-hybridized carbons (Fsp3) is 0.400. The molecule has 0 spiro atoms. The number of benzene rings is 3. The molecule has 10 nitrogen and oxygen atoms in total. The Morgan fingerprint density at radius 1 is 1.04 bits per heavy atom. The minimum Gasteiger partial charge on any atom is -0.402 e. The van der Waals surface area contributed by atoms with Gasteiger partial charge in [-0.25, -0.2) is 14.2 Å². The van der Waals surface area contributed by atoms with Crippen molar-refractivity contribution in [3.05, 3.63) is 123 Å². The molecular weight excluding hydrogens is 737 g/mol. The Morgan fingerprint density at radius 2 is 1.84 bits per heavy atom. The number of ether oxygens (including phenoxy) is 1. The second-order valence-electron chi connectivity index (χ2n) is 16.8. The molecule has 2 aromatic heterocycles. The predicted molar refractivity (Wildman–Crippen MR) is 230 cm³/mol. The van der Waals surface area contributed by atoms with Crippen molar-refractivity contribution in [2.45, 2.75) is 69.6 Å². The molecule has 1 amide bonds. The Balaban J connectivity index is 1.15. The number of aromatic nitrogens is 3. The van der Waals surface area contributed by atoms with Gasteiger partial charge in [0.1, 0.15) is 17.3 Å². The van der Waals surface area contributed by atoms with Crippen LogP contribution in [0.15, 0.2) is 94.1 Å². The number of fused-ring (bicyclic) bond motifs is 1. The van der Waals surface area contributed by atoms with E-state index in [1.54, 1.807) is 34.0 Å². The number of nitrogens with two attached hydrogens (primary N) is 1. The lowest BCUT2D eigenvalue weighted by Crippen LogP contribution is -2.43. The molecule has 1 atom stereocenters. The molecule has 4 heterocycles. The number of nitrogens with zero attached hydrogens (tertiary/aromatic N) is 5. The maximum Gasteiger partial charge on any atom is 0.338 e. The van der Waals surface area contributed by atoms with Gasteiger partial charge in [-0.05, 0) is 136 Å².